The van der Waals surface area contributed by atoms with Gasteiger partial charge in [-0.3, -0.25) is 4.79 Å². The zero-order chi connectivity index (χ0) is 12.8. The molecule has 90 valence electrons. The van der Waals surface area contributed by atoms with Gasteiger partial charge in [-0.05, 0) is 24.1 Å². The Morgan fingerprint density at radius 2 is 2.24 bits per heavy atom. The van der Waals surface area contributed by atoms with Gasteiger partial charge in [0, 0.05) is 12.1 Å². The summed E-state index contributed by atoms with van der Waals surface area (Å²) in [6, 6.07) is 8.59. The van der Waals surface area contributed by atoms with Gasteiger partial charge in [0.2, 0.25) is 0 Å². The lowest BCUT2D eigenvalue weighted by molar-refractivity contribution is 0.0952. The molecule has 1 aromatic rings. The zero-order valence-electron chi connectivity index (χ0n) is 9.90. The molecule has 1 atom stereocenters. The molecule has 0 saturated carbocycles. The molecule has 0 spiro atoms. The van der Waals surface area contributed by atoms with Crippen molar-refractivity contribution in [3.63, 3.8) is 0 Å². The Hall–Kier alpha value is -1.53. The number of rotatable bonds is 4. The van der Waals surface area contributed by atoms with Crippen LogP contribution in [0.25, 0.3) is 0 Å². The first kappa shape index (κ1) is 13.5. The van der Waals surface area contributed by atoms with E-state index in [1.165, 1.54) is 0 Å². The highest BCUT2D eigenvalue weighted by Gasteiger charge is 2.12. The number of carbonyl (C=O) groups is 1. The van der Waals surface area contributed by atoms with E-state index < -0.39 is 0 Å². The summed E-state index contributed by atoms with van der Waals surface area (Å²) in [5, 5.41) is 11.4. The van der Waals surface area contributed by atoms with Crippen LogP contribution in [0, 0.1) is 17.2 Å². The highest BCUT2D eigenvalue weighted by Crippen LogP contribution is 2.09. The number of benzene rings is 1. The van der Waals surface area contributed by atoms with Crippen LogP contribution in [0.1, 0.15) is 29.8 Å². The molecule has 17 heavy (non-hydrogen) atoms. The summed E-state index contributed by atoms with van der Waals surface area (Å²) in [7, 11) is 0. The maximum atomic E-state index is 11.8. The van der Waals surface area contributed by atoms with E-state index in [4.69, 9.17) is 16.9 Å². The summed E-state index contributed by atoms with van der Waals surface area (Å²) in [5.74, 6) is 0.107. The first-order chi connectivity index (χ1) is 8.04. The molecule has 0 aromatic heterocycles. The molecule has 0 heterocycles. The number of halogens is 1. The molecule has 0 radical (unpaired) electrons. The van der Waals surface area contributed by atoms with Crippen molar-refractivity contribution in [2.45, 2.75) is 19.2 Å². The highest BCUT2D eigenvalue weighted by atomic mass is 35.5. The lowest BCUT2D eigenvalue weighted by atomic mass is 10.1. The van der Waals surface area contributed by atoms with Gasteiger partial charge in [0.15, 0.2) is 0 Å². The molecule has 0 saturated heterocycles. The van der Waals surface area contributed by atoms with Gasteiger partial charge in [-0.2, -0.15) is 5.26 Å². The average Bonchev–Trinajstić information content (AvgIpc) is 2.35. The first-order valence-corrected chi connectivity index (χ1v) is 5.90. The van der Waals surface area contributed by atoms with Crippen LogP contribution in [0.2, 0.25) is 0 Å². The Morgan fingerprint density at radius 3 is 2.82 bits per heavy atom. The lowest BCUT2D eigenvalue weighted by Gasteiger charge is -2.14. The number of amides is 1. The van der Waals surface area contributed by atoms with Gasteiger partial charge in [-0.15, -0.1) is 11.6 Å². The third kappa shape index (κ3) is 4.08. The van der Waals surface area contributed by atoms with Gasteiger partial charge >= 0.3 is 0 Å². The quantitative estimate of drug-likeness (QED) is 0.835. The SMILES string of the molecule is CC(C)C(Cl)CNC(=O)c1cccc(C#N)c1. The summed E-state index contributed by atoms with van der Waals surface area (Å²) in [5.41, 5.74) is 0.959. The number of nitrogens with zero attached hydrogens (tertiary/aromatic N) is 1. The van der Waals surface area contributed by atoms with Crippen LogP contribution in [0.4, 0.5) is 0 Å². The largest absolute Gasteiger partial charge is 0.351 e. The van der Waals surface area contributed by atoms with Crippen LogP contribution in [0.15, 0.2) is 24.3 Å². The van der Waals surface area contributed by atoms with Crippen molar-refractivity contribution >= 4 is 17.5 Å². The van der Waals surface area contributed by atoms with Crippen molar-refractivity contribution in [1.82, 2.24) is 5.32 Å². The predicted octanol–water partition coefficient (Wildman–Crippen LogP) is 2.55. The minimum atomic E-state index is -0.201. The van der Waals surface area contributed by atoms with Crippen molar-refractivity contribution in [1.29, 1.82) is 5.26 Å². The van der Waals surface area contributed by atoms with E-state index in [-0.39, 0.29) is 11.3 Å². The molecule has 0 fully saturated rings. The second kappa shape index (κ2) is 6.27. The van der Waals surface area contributed by atoms with Crippen LogP contribution >= 0.6 is 11.6 Å². The summed E-state index contributed by atoms with van der Waals surface area (Å²) in [6.45, 7) is 4.43. The van der Waals surface area contributed by atoms with Crippen LogP contribution in [-0.2, 0) is 0 Å². The van der Waals surface area contributed by atoms with Gasteiger partial charge in [0.05, 0.1) is 17.0 Å². The third-order valence-corrected chi connectivity index (χ3v) is 3.09. The van der Waals surface area contributed by atoms with Crippen LogP contribution in [0.5, 0.6) is 0 Å². The molecule has 0 bridgehead atoms. The molecular weight excluding hydrogens is 236 g/mol. The van der Waals surface area contributed by atoms with Crippen LogP contribution < -0.4 is 5.32 Å². The summed E-state index contributed by atoms with van der Waals surface area (Å²) >= 11 is 6.04. The van der Waals surface area contributed by atoms with Crippen molar-refractivity contribution in [2.75, 3.05) is 6.54 Å². The fourth-order valence-corrected chi connectivity index (χ4v) is 1.34. The molecule has 1 aromatic carbocycles. The number of alkyl halides is 1. The Morgan fingerprint density at radius 1 is 1.53 bits per heavy atom. The smallest absolute Gasteiger partial charge is 0.251 e. The maximum Gasteiger partial charge on any atom is 0.251 e. The van der Waals surface area contributed by atoms with E-state index in [0.717, 1.165) is 0 Å². The Bertz CT molecular complexity index is 437. The number of hydrogen-bond donors (Lipinski definition) is 1. The Kier molecular flexibility index (Phi) is 4.99. The van der Waals surface area contributed by atoms with Crippen molar-refractivity contribution < 1.29 is 4.79 Å². The topological polar surface area (TPSA) is 52.9 Å². The van der Waals surface area contributed by atoms with E-state index in [9.17, 15) is 4.79 Å². The Labute approximate surface area is 106 Å². The van der Waals surface area contributed by atoms with E-state index in [1.54, 1.807) is 24.3 Å². The van der Waals surface area contributed by atoms with Gasteiger partial charge < -0.3 is 5.32 Å². The molecule has 1 rings (SSSR count). The van der Waals surface area contributed by atoms with E-state index >= 15 is 0 Å². The van der Waals surface area contributed by atoms with Gasteiger partial charge in [0.25, 0.3) is 5.91 Å². The van der Waals surface area contributed by atoms with E-state index in [1.807, 2.05) is 19.9 Å². The fourth-order valence-electron chi connectivity index (χ4n) is 1.26. The summed E-state index contributed by atoms with van der Waals surface area (Å²) in [4.78, 5) is 11.8. The summed E-state index contributed by atoms with van der Waals surface area (Å²) in [6.07, 6.45) is 0. The molecule has 0 aliphatic rings. The number of nitrogens with one attached hydrogen (secondary N) is 1. The molecule has 4 heteroatoms. The third-order valence-electron chi connectivity index (χ3n) is 2.43. The van der Waals surface area contributed by atoms with Crippen LogP contribution in [0.3, 0.4) is 0 Å². The van der Waals surface area contributed by atoms with Crippen molar-refractivity contribution in [3.05, 3.63) is 35.4 Å². The monoisotopic (exact) mass is 250 g/mol. The Balaban J connectivity index is 2.61. The minimum Gasteiger partial charge on any atom is -0.351 e. The number of carbonyl (C=O) groups excluding carboxylic acids is 1. The van der Waals surface area contributed by atoms with Crippen LogP contribution in [-0.4, -0.2) is 17.8 Å². The van der Waals surface area contributed by atoms with Gasteiger partial charge in [0.1, 0.15) is 0 Å². The zero-order valence-corrected chi connectivity index (χ0v) is 10.7. The standard InChI is InChI=1S/C13H15ClN2O/c1-9(2)12(14)8-16-13(17)11-5-3-4-10(6-11)7-15/h3-6,9,12H,8H2,1-2H3,(H,16,17). The first-order valence-electron chi connectivity index (χ1n) is 5.47. The number of hydrogen-bond acceptors (Lipinski definition) is 2. The predicted molar refractivity (Wildman–Crippen MR) is 68.0 cm³/mol. The minimum absolute atomic E-state index is 0.0851. The highest BCUT2D eigenvalue weighted by molar-refractivity contribution is 6.21. The molecule has 1 unspecified atom stereocenters. The molecule has 0 aliphatic heterocycles. The average molecular weight is 251 g/mol. The van der Waals surface area contributed by atoms with Gasteiger partial charge in [-0.25, -0.2) is 0 Å². The molecular formula is C13H15ClN2O. The second-order valence-corrected chi connectivity index (χ2v) is 4.72. The van der Waals surface area contributed by atoms with E-state index in [2.05, 4.69) is 5.32 Å². The van der Waals surface area contributed by atoms with Crippen molar-refractivity contribution in [2.24, 2.45) is 5.92 Å². The normalized spacial score (nSPS) is 11.9. The fraction of sp³-hybridized carbons (Fsp3) is 0.385. The molecule has 1 amide bonds. The molecule has 1 N–H and O–H groups in total. The van der Waals surface area contributed by atoms with E-state index in [0.29, 0.717) is 23.6 Å². The number of nitriles is 1. The van der Waals surface area contributed by atoms with Crippen molar-refractivity contribution in [3.8, 4) is 6.07 Å². The second-order valence-electron chi connectivity index (χ2n) is 4.16. The molecule has 3 nitrogen and oxygen atoms in total. The van der Waals surface area contributed by atoms with Gasteiger partial charge in [-0.1, -0.05) is 19.9 Å². The maximum absolute atomic E-state index is 11.8. The summed E-state index contributed by atoms with van der Waals surface area (Å²) < 4.78 is 0. The molecule has 0 aliphatic carbocycles. The lowest BCUT2D eigenvalue weighted by Crippen LogP contribution is -2.31.